The number of Topliss-reactive ketones (excluding diaryl/α,β-unsaturated/α-hetero) is 1. The maximum absolute atomic E-state index is 13.5. The number of hydrogen-bond acceptors (Lipinski definition) is 7. The van der Waals surface area contributed by atoms with E-state index in [-0.39, 0.29) is 24.0 Å². The summed E-state index contributed by atoms with van der Waals surface area (Å²) in [5.41, 5.74) is 3.83. The fourth-order valence-corrected chi connectivity index (χ4v) is 5.73. The molecule has 0 spiro atoms. The molecule has 0 aliphatic heterocycles. The molecule has 45 heavy (non-hydrogen) atoms. The summed E-state index contributed by atoms with van der Waals surface area (Å²) in [7, 11) is 1.88. The number of ketones is 1. The summed E-state index contributed by atoms with van der Waals surface area (Å²) in [5, 5.41) is 14.9. The summed E-state index contributed by atoms with van der Waals surface area (Å²) in [6, 6.07) is 14.5. The van der Waals surface area contributed by atoms with E-state index in [1.807, 2.05) is 82.6 Å². The van der Waals surface area contributed by atoms with Crippen LogP contribution < -0.4 is 26.6 Å². The number of carbonyl (C=O) groups excluding carboxylic acids is 3. The Morgan fingerprint density at radius 3 is 2.13 bits per heavy atom. The number of anilines is 2. The first-order chi connectivity index (χ1) is 21.6. The van der Waals surface area contributed by atoms with Gasteiger partial charge >= 0.3 is 6.03 Å². The molecule has 0 heterocycles. The lowest BCUT2D eigenvalue weighted by molar-refractivity contribution is -0.131. The van der Waals surface area contributed by atoms with Crippen molar-refractivity contribution in [2.24, 2.45) is 11.8 Å². The summed E-state index contributed by atoms with van der Waals surface area (Å²) in [5.74, 6) is -0.00863. The van der Waals surface area contributed by atoms with Crippen molar-refractivity contribution in [2.45, 2.75) is 71.9 Å². The third kappa shape index (κ3) is 14.9. The van der Waals surface area contributed by atoms with Crippen molar-refractivity contribution < 1.29 is 14.4 Å². The fraction of sp³-hybridized carbons (Fsp3) is 0.500. The topological polar surface area (TPSA) is 111 Å². The summed E-state index contributed by atoms with van der Waals surface area (Å²) < 4.78 is 0. The van der Waals surface area contributed by atoms with E-state index in [1.165, 1.54) is 0 Å². The van der Waals surface area contributed by atoms with Gasteiger partial charge in [0.1, 0.15) is 0 Å². The molecule has 8 nitrogen and oxygen atoms in total. The zero-order chi connectivity index (χ0) is 33.2. The van der Waals surface area contributed by atoms with Crippen LogP contribution in [-0.2, 0) is 22.6 Å². The van der Waals surface area contributed by atoms with Crippen molar-refractivity contribution in [3.05, 3.63) is 59.7 Å². The Kier molecular flexibility index (Phi) is 17.9. The smallest absolute Gasteiger partial charge is 0.319 e. The first-order valence-electron chi connectivity index (χ1n) is 15.5. The number of hydrogen-bond donors (Lipinski definition) is 5. The molecule has 0 aliphatic carbocycles. The number of benzene rings is 2. The van der Waals surface area contributed by atoms with Crippen LogP contribution in [0.2, 0.25) is 0 Å². The zero-order valence-corrected chi connectivity index (χ0v) is 29.6. The molecule has 0 saturated heterocycles. The molecule has 246 valence electrons. The Labute approximate surface area is 284 Å². The number of thiocarbonyl (C=S) groups is 2. The van der Waals surface area contributed by atoms with Crippen molar-refractivity contribution in [1.29, 1.82) is 0 Å². The van der Waals surface area contributed by atoms with Crippen molar-refractivity contribution in [3.8, 4) is 0 Å². The van der Waals surface area contributed by atoms with Crippen LogP contribution in [0.15, 0.2) is 48.5 Å². The molecule has 0 bridgehead atoms. The van der Waals surface area contributed by atoms with E-state index in [4.69, 9.17) is 24.4 Å². The highest BCUT2D eigenvalue weighted by Crippen LogP contribution is 2.22. The van der Waals surface area contributed by atoms with Crippen molar-refractivity contribution in [1.82, 2.24) is 16.0 Å². The Bertz CT molecular complexity index is 1250. The lowest BCUT2D eigenvalue weighted by Gasteiger charge is -2.25. The normalized spacial score (nSPS) is 12.8. The molecule has 5 N–H and O–H groups in total. The molecule has 3 atom stereocenters. The molecule has 11 heteroatoms. The van der Waals surface area contributed by atoms with Crippen LogP contribution in [0.1, 0.15) is 64.0 Å². The van der Waals surface area contributed by atoms with E-state index in [1.54, 1.807) is 11.8 Å². The Balaban J connectivity index is 1.89. The van der Waals surface area contributed by atoms with Gasteiger partial charge in [0.2, 0.25) is 5.91 Å². The predicted octanol–water partition coefficient (Wildman–Crippen LogP) is 6.54. The van der Waals surface area contributed by atoms with E-state index in [0.29, 0.717) is 30.8 Å². The van der Waals surface area contributed by atoms with E-state index in [9.17, 15) is 14.4 Å². The second-order valence-electron chi connectivity index (χ2n) is 11.3. The first-order valence-corrected chi connectivity index (χ1v) is 17.8. The minimum Gasteiger partial charge on any atom is -0.356 e. The molecule has 0 saturated carbocycles. The number of carbonyl (C=O) groups is 3. The highest BCUT2D eigenvalue weighted by Gasteiger charge is 2.30. The number of urea groups is 1. The minimum absolute atomic E-state index is 0.0145. The molecule has 2 aromatic rings. The van der Waals surface area contributed by atoms with Crippen LogP contribution in [0, 0.1) is 11.8 Å². The van der Waals surface area contributed by atoms with Gasteiger partial charge in [0.15, 0.2) is 5.78 Å². The first kappa shape index (κ1) is 38.3. The fourth-order valence-electron chi connectivity index (χ4n) is 4.83. The van der Waals surface area contributed by atoms with E-state index < -0.39 is 18.0 Å². The molecule has 0 fully saturated rings. The minimum atomic E-state index is -0.679. The number of nitrogens with one attached hydrogen (secondary N) is 5. The van der Waals surface area contributed by atoms with Gasteiger partial charge in [-0.05, 0) is 91.4 Å². The maximum atomic E-state index is 13.5. The standard InChI is InChI=1S/C34H49N5O3S3/c1-6-23(2)30(33(41)36-18-7-8-29(44)20-25-9-13-27(14-10-25)37-24(3)43)21-32(40)31(17-19-45-5)39-34(42)38-28-15-11-26(12-16-28)22-35-4/h9-16,23,30-31,35H,6-8,17-22H2,1-5H3,(H,36,41)(H,37,43)(H2,38,39,42)/t23-,30-,31-/m0/s1. The highest BCUT2D eigenvalue weighted by atomic mass is 32.2. The van der Waals surface area contributed by atoms with Gasteiger partial charge in [-0.3, -0.25) is 9.59 Å². The van der Waals surface area contributed by atoms with Gasteiger partial charge in [0.05, 0.1) is 11.0 Å². The predicted molar refractivity (Wildman–Crippen MR) is 198 cm³/mol. The number of amides is 3. The summed E-state index contributed by atoms with van der Waals surface area (Å²) in [4.78, 5) is 41.2. The van der Waals surface area contributed by atoms with Crippen molar-refractivity contribution in [2.75, 3.05) is 36.2 Å². The average Bonchev–Trinajstić information content (AvgIpc) is 3.01. The van der Waals surface area contributed by atoms with Gasteiger partial charge in [0, 0.05) is 43.2 Å². The van der Waals surface area contributed by atoms with Crippen LogP contribution in [-0.4, -0.2) is 59.2 Å². The molecular formula is C34H49N5O3S3. The molecule has 2 rings (SSSR count). The lowest BCUT2D eigenvalue weighted by Crippen LogP contribution is -2.45. The molecule has 2 aromatic carbocycles. The van der Waals surface area contributed by atoms with Crippen LogP contribution >= 0.6 is 36.2 Å². The summed E-state index contributed by atoms with van der Waals surface area (Å²) in [6.45, 7) is 7.08. The second kappa shape index (κ2) is 21.0. The molecule has 3 amide bonds. The summed E-state index contributed by atoms with van der Waals surface area (Å²) >= 11 is 12.3. The van der Waals surface area contributed by atoms with Gasteiger partial charge < -0.3 is 26.6 Å². The molecule has 0 radical (unpaired) electrons. The summed E-state index contributed by atoms with van der Waals surface area (Å²) in [6.07, 6.45) is 5.44. The van der Waals surface area contributed by atoms with Crippen LogP contribution in [0.5, 0.6) is 0 Å². The van der Waals surface area contributed by atoms with Gasteiger partial charge in [0.25, 0.3) is 0 Å². The largest absolute Gasteiger partial charge is 0.356 e. The highest BCUT2D eigenvalue weighted by molar-refractivity contribution is 7.98. The van der Waals surface area contributed by atoms with Crippen LogP contribution in [0.25, 0.3) is 0 Å². The van der Waals surface area contributed by atoms with Gasteiger partial charge in [-0.2, -0.15) is 11.8 Å². The zero-order valence-electron chi connectivity index (χ0n) is 27.2. The van der Waals surface area contributed by atoms with Gasteiger partial charge in [-0.25, -0.2) is 4.79 Å². The van der Waals surface area contributed by atoms with Gasteiger partial charge in [-0.1, -0.05) is 69.0 Å². The average molecular weight is 672 g/mol. The quantitative estimate of drug-likeness (QED) is 0.0798. The molecular weight excluding hydrogens is 623 g/mol. The molecule has 0 unspecified atom stereocenters. The van der Waals surface area contributed by atoms with E-state index in [2.05, 4.69) is 26.6 Å². The Morgan fingerprint density at radius 2 is 1.56 bits per heavy atom. The lowest BCUT2D eigenvalue weighted by atomic mass is 9.85. The molecule has 0 aromatic heterocycles. The second-order valence-corrected chi connectivity index (χ2v) is 13.5. The molecule has 0 aliphatic rings. The third-order valence-corrected chi connectivity index (χ3v) is 8.69. The Hall–Kier alpha value is -2.86. The van der Waals surface area contributed by atoms with E-state index in [0.717, 1.165) is 52.5 Å². The number of thioether (sulfide) groups is 1. The SMILES string of the molecule is CC[C@H](C)[C@H](CC(=O)[C@H](CCSC)NC(=O)Nc1ccc(CNC)cc1)C(=O)NCCCC(=S)Cc1ccc(NC(C)=S)cc1. The van der Waals surface area contributed by atoms with Crippen molar-refractivity contribution >= 4 is 75.1 Å². The van der Waals surface area contributed by atoms with Crippen molar-refractivity contribution in [3.63, 3.8) is 0 Å². The Morgan fingerprint density at radius 1 is 0.933 bits per heavy atom. The monoisotopic (exact) mass is 671 g/mol. The number of rotatable bonds is 20. The van der Waals surface area contributed by atoms with Crippen LogP contribution in [0.4, 0.5) is 16.2 Å². The van der Waals surface area contributed by atoms with E-state index >= 15 is 0 Å². The third-order valence-electron chi connectivity index (χ3n) is 7.59. The van der Waals surface area contributed by atoms with Gasteiger partial charge in [-0.15, -0.1) is 0 Å². The maximum Gasteiger partial charge on any atom is 0.319 e. The van der Waals surface area contributed by atoms with Crippen LogP contribution in [0.3, 0.4) is 0 Å².